The van der Waals surface area contributed by atoms with Gasteiger partial charge in [-0.25, -0.2) is 19.0 Å². The van der Waals surface area contributed by atoms with Crippen LogP contribution in [0.3, 0.4) is 0 Å². The fraction of sp³-hybridized carbons (Fsp3) is 0.562. The molecule has 0 radical (unpaired) electrons. The number of carbonyl (C=O) groups is 2. The van der Waals surface area contributed by atoms with E-state index in [9.17, 15) is 14.0 Å². The molecule has 2 saturated heterocycles. The maximum Gasteiger partial charge on any atom is 0.410 e. The molecule has 2 bridgehead atoms. The molecule has 2 fully saturated rings. The number of ether oxygens (including phenoxy) is 1. The van der Waals surface area contributed by atoms with Gasteiger partial charge in [-0.05, 0) is 27.2 Å². The molecule has 2 aliphatic heterocycles. The number of aromatic carboxylic acids is 1. The van der Waals surface area contributed by atoms with E-state index in [2.05, 4.69) is 4.98 Å². The zero-order valence-electron chi connectivity index (χ0n) is 13.8. The molecule has 1 N–H and O–H groups in total. The number of halogens is 1. The van der Waals surface area contributed by atoms with E-state index in [1.54, 1.807) is 4.90 Å². The Bertz CT molecular complexity index is 688. The third-order valence-corrected chi connectivity index (χ3v) is 4.23. The van der Waals surface area contributed by atoms with E-state index < -0.39 is 23.1 Å². The molecule has 0 saturated carbocycles. The summed E-state index contributed by atoms with van der Waals surface area (Å²) in [4.78, 5) is 30.4. The first-order valence-corrected chi connectivity index (χ1v) is 7.81. The molecule has 1 amide bonds. The predicted octanol–water partition coefficient (Wildman–Crippen LogP) is 2.12. The van der Waals surface area contributed by atoms with Crippen molar-refractivity contribution in [1.82, 2.24) is 9.88 Å². The molecule has 3 rings (SSSR count). The lowest BCUT2D eigenvalue weighted by molar-refractivity contribution is 0.0214. The number of aromatic nitrogens is 1. The molecule has 0 aromatic carbocycles. The van der Waals surface area contributed by atoms with Crippen molar-refractivity contribution in [2.75, 3.05) is 18.0 Å². The van der Waals surface area contributed by atoms with Gasteiger partial charge in [0.1, 0.15) is 5.60 Å². The maximum absolute atomic E-state index is 13.8. The van der Waals surface area contributed by atoms with Crippen molar-refractivity contribution in [3.8, 4) is 0 Å². The molecule has 2 atom stereocenters. The summed E-state index contributed by atoms with van der Waals surface area (Å²) >= 11 is 0. The number of carboxylic acids is 1. The molecule has 24 heavy (non-hydrogen) atoms. The predicted molar refractivity (Wildman–Crippen MR) is 83.6 cm³/mol. The second-order valence-electron chi connectivity index (χ2n) is 7.16. The number of amides is 1. The minimum absolute atomic E-state index is 0.00654. The summed E-state index contributed by atoms with van der Waals surface area (Å²) < 4.78 is 19.2. The zero-order valence-corrected chi connectivity index (χ0v) is 13.8. The van der Waals surface area contributed by atoms with Crippen LogP contribution in [0.1, 0.15) is 37.7 Å². The number of hydrogen-bond acceptors (Lipinski definition) is 5. The summed E-state index contributed by atoms with van der Waals surface area (Å²) in [6, 6.07) is 1.25. The smallest absolute Gasteiger partial charge is 0.410 e. The van der Waals surface area contributed by atoms with Crippen molar-refractivity contribution in [3.63, 3.8) is 0 Å². The molecule has 130 valence electrons. The number of pyridine rings is 1. The number of carboxylic acid groups (broad SMARTS) is 1. The molecule has 0 unspecified atom stereocenters. The van der Waals surface area contributed by atoms with Crippen molar-refractivity contribution < 1.29 is 23.8 Å². The molecule has 8 heteroatoms. The van der Waals surface area contributed by atoms with Gasteiger partial charge in [0.2, 0.25) is 0 Å². The monoisotopic (exact) mass is 337 g/mol. The minimum atomic E-state index is -1.39. The average molecular weight is 337 g/mol. The van der Waals surface area contributed by atoms with E-state index in [-0.39, 0.29) is 18.2 Å². The Hall–Kier alpha value is -2.38. The van der Waals surface area contributed by atoms with Gasteiger partial charge >= 0.3 is 12.1 Å². The Morgan fingerprint density at radius 3 is 2.54 bits per heavy atom. The van der Waals surface area contributed by atoms with Gasteiger partial charge in [-0.3, -0.25) is 0 Å². The molecular formula is C16H20FN3O4. The summed E-state index contributed by atoms with van der Waals surface area (Å²) in [5.41, 5.74) is -0.592. The summed E-state index contributed by atoms with van der Waals surface area (Å²) in [5, 5.41) is 8.84. The lowest BCUT2D eigenvalue weighted by Gasteiger charge is -2.36. The van der Waals surface area contributed by atoms with Crippen molar-refractivity contribution in [2.24, 2.45) is 0 Å². The number of anilines is 1. The number of carbonyl (C=O) groups excluding carboxylic acids is 1. The molecule has 0 spiro atoms. The molecule has 1 aromatic heterocycles. The molecule has 3 heterocycles. The van der Waals surface area contributed by atoms with Crippen LogP contribution in [0.4, 0.5) is 14.9 Å². The number of nitrogens with zero attached hydrogens (tertiary/aromatic N) is 3. The number of hydrogen-bond donors (Lipinski definition) is 1. The van der Waals surface area contributed by atoms with Crippen LogP contribution in [0, 0.1) is 5.82 Å². The normalized spacial score (nSPS) is 22.8. The largest absolute Gasteiger partial charge is 0.476 e. The van der Waals surface area contributed by atoms with Gasteiger partial charge in [0, 0.05) is 25.2 Å². The Morgan fingerprint density at radius 1 is 1.33 bits per heavy atom. The second-order valence-corrected chi connectivity index (χ2v) is 7.16. The van der Waals surface area contributed by atoms with Crippen molar-refractivity contribution in [2.45, 2.75) is 44.9 Å². The third-order valence-electron chi connectivity index (χ3n) is 4.23. The van der Waals surface area contributed by atoms with Crippen molar-refractivity contribution in [3.05, 3.63) is 23.8 Å². The van der Waals surface area contributed by atoms with Gasteiger partial charge in [0.15, 0.2) is 11.5 Å². The Balaban J connectivity index is 1.71. The number of rotatable bonds is 2. The highest BCUT2D eigenvalue weighted by Crippen LogP contribution is 2.35. The molecule has 0 aliphatic carbocycles. The van der Waals surface area contributed by atoms with Crippen LogP contribution in [-0.2, 0) is 4.74 Å². The first-order chi connectivity index (χ1) is 11.2. The first-order valence-electron chi connectivity index (χ1n) is 7.81. The highest BCUT2D eigenvalue weighted by molar-refractivity contribution is 5.86. The van der Waals surface area contributed by atoms with Gasteiger partial charge in [-0.1, -0.05) is 0 Å². The highest BCUT2D eigenvalue weighted by Gasteiger charge is 2.46. The van der Waals surface area contributed by atoms with Gasteiger partial charge in [-0.2, -0.15) is 0 Å². The van der Waals surface area contributed by atoms with Crippen LogP contribution in [0.2, 0.25) is 0 Å². The van der Waals surface area contributed by atoms with Crippen LogP contribution in [0.25, 0.3) is 0 Å². The number of piperazine rings is 1. The molecule has 2 aliphatic rings. The fourth-order valence-corrected chi connectivity index (χ4v) is 3.27. The lowest BCUT2D eigenvalue weighted by atomic mass is 10.2. The van der Waals surface area contributed by atoms with E-state index in [0.717, 1.165) is 6.42 Å². The van der Waals surface area contributed by atoms with Gasteiger partial charge in [-0.15, -0.1) is 0 Å². The summed E-state index contributed by atoms with van der Waals surface area (Å²) in [6.45, 7) is 6.53. The van der Waals surface area contributed by atoms with E-state index in [0.29, 0.717) is 18.8 Å². The third kappa shape index (κ3) is 3.00. The SMILES string of the molecule is CC(C)(C)OC(=O)N1C[C@@H]2C[C@H]1CN2c1cnc(C(=O)O)c(F)c1. The highest BCUT2D eigenvalue weighted by atomic mass is 19.1. The summed E-state index contributed by atoms with van der Waals surface area (Å²) in [5.74, 6) is -2.25. The number of likely N-dealkylation sites (tertiary alicyclic amines) is 1. The van der Waals surface area contributed by atoms with Gasteiger partial charge in [0.05, 0.1) is 17.9 Å². The summed E-state index contributed by atoms with van der Waals surface area (Å²) in [7, 11) is 0. The van der Waals surface area contributed by atoms with Crippen molar-refractivity contribution in [1.29, 1.82) is 0 Å². The van der Waals surface area contributed by atoms with E-state index in [1.165, 1.54) is 12.3 Å². The lowest BCUT2D eigenvalue weighted by Crippen LogP contribution is -2.50. The van der Waals surface area contributed by atoms with Crippen LogP contribution < -0.4 is 4.90 Å². The van der Waals surface area contributed by atoms with Crippen LogP contribution in [-0.4, -0.2) is 57.8 Å². The van der Waals surface area contributed by atoms with E-state index in [4.69, 9.17) is 9.84 Å². The van der Waals surface area contributed by atoms with Gasteiger partial charge in [0.25, 0.3) is 0 Å². The fourth-order valence-electron chi connectivity index (χ4n) is 3.27. The topological polar surface area (TPSA) is 83.0 Å². The Labute approximate surface area is 139 Å². The Morgan fingerprint density at radius 2 is 2.04 bits per heavy atom. The molecule has 1 aromatic rings. The van der Waals surface area contributed by atoms with E-state index >= 15 is 0 Å². The zero-order chi connectivity index (χ0) is 17.6. The van der Waals surface area contributed by atoms with Gasteiger partial charge < -0.3 is 19.6 Å². The Kier molecular flexibility index (Phi) is 3.85. The minimum Gasteiger partial charge on any atom is -0.476 e. The molecular weight excluding hydrogens is 317 g/mol. The van der Waals surface area contributed by atoms with Crippen LogP contribution in [0.5, 0.6) is 0 Å². The van der Waals surface area contributed by atoms with Crippen LogP contribution >= 0.6 is 0 Å². The number of fused-ring (bicyclic) bond motifs is 2. The summed E-state index contributed by atoms with van der Waals surface area (Å²) in [6.07, 6.45) is 1.81. The first kappa shape index (κ1) is 16.5. The molecule has 7 nitrogen and oxygen atoms in total. The maximum atomic E-state index is 13.8. The van der Waals surface area contributed by atoms with E-state index in [1.807, 2.05) is 25.7 Å². The second kappa shape index (κ2) is 5.61. The van der Waals surface area contributed by atoms with Crippen LogP contribution in [0.15, 0.2) is 12.3 Å². The standard InChI is InChI=1S/C16H20FN3O4/c1-16(2,3)24-15(23)20-8-10-4-11(20)7-19(10)9-5-12(17)13(14(21)22)18-6-9/h5-6,10-11H,4,7-8H2,1-3H3,(H,21,22)/t10-,11-/m0/s1. The van der Waals surface area contributed by atoms with Crippen molar-refractivity contribution >= 4 is 17.7 Å². The average Bonchev–Trinajstić information content (AvgIpc) is 3.04. The quantitative estimate of drug-likeness (QED) is 0.890.